The van der Waals surface area contributed by atoms with Crippen molar-refractivity contribution in [3.63, 3.8) is 0 Å². The normalized spacial score (nSPS) is 18.1. The minimum atomic E-state index is -1.27. The van der Waals surface area contributed by atoms with Crippen LogP contribution in [0.5, 0.6) is 0 Å². The van der Waals surface area contributed by atoms with Crippen LogP contribution in [-0.4, -0.2) is 40.9 Å². The molecule has 12 heavy (non-hydrogen) atoms. The Morgan fingerprint density at radius 3 is 2.58 bits per heavy atom. The van der Waals surface area contributed by atoms with Gasteiger partial charge in [-0.25, -0.2) is 0 Å². The van der Waals surface area contributed by atoms with Crippen LogP contribution in [0.25, 0.3) is 0 Å². The van der Waals surface area contributed by atoms with E-state index in [1.807, 2.05) is 0 Å². The number of hydrogen-bond acceptors (Lipinski definition) is 4. The van der Waals surface area contributed by atoms with Gasteiger partial charge in [-0.1, -0.05) is 0 Å². The lowest BCUT2D eigenvalue weighted by atomic mass is 10.1. The second-order valence-corrected chi connectivity index (χ2v) is 3.16. The Kier molecular flexibility index (Phi) is 4.16. The Morgan fingerprint density at radius 2 is 2.25 bits per heavy atom. The van der Waals surface area contributed by atoms with Crippen LogP contribution in [0.2, 0.25) is 0 Å². The van der Waals surface area contributed by atoms with Crippen LogP contribution in [0.1, 0.15) is 13.8 Å². The van der Waals surface area contributed by atoms with Crippen LogP contribution in [0.3, 0.4) is 0 Å². The number of carbonyl (C=O) groups is 1. The molecule has 5 heteroatoms. The molecule has 0 bridgehead atoms. The molecule has 0 saturated heterocycles. The third kappa shape index (κ3) is 4.27. The Labute approximate surface area is 71.6 Å². The van der Waals surface area contributed by atoms with Gasteiger partial charge in [-0.05, 0) is 13.8 Å². The molecule has 2 atom stereocenters. The molecular weight excluding hydrogens is 160 g/mol. The molecule has 0 aliphatic rings. The van der Waals surface area contributed by atoms with E-state index in [1.54, 1.807) is 6.92 Å². The first-order valence-corrected chi connectivity index (χ1v) is 3.75. The van der Waals surface area contributed by atoms with Crippen LogP contribution >= 0.6 is 0 Å². The van der Waals surface area contributed by atoms with Gasteiger partial charge in [-0.2, -0.15) is 0 Å². The van der Waals surface area contributed by atoms with Gasteiger partial charge in [0, 0.05) is 6.54 Å². The van der Waals surface area contributed by atoms with E-state index in [2.05, 4.69) is 5.32 Å². The summed E-state index contributed by atoms with van der Waals surface area (Å²) < 4.78 is 0. The van der Waals surface area contributed by atoms with Gasteiger partial charge in [0.25, 0.3) is 0 Å². The molecule has 0 aromatic carbocycles. The Morgan fingerprint density at radius 1 is 1.75 bits per heavy atom. The largest absolute Gasteiger partial charge is 0.393 e. The van der Waals surface area contributed by atoms with Gasteiger partial charge in [0.05, 0.1) is 12.6 Å². The Bertz CT molecular complexity index is 157. The number of aliphatic hydroxyl groups excluding tert-OH is 1. The summed E-state index contributed by atoms with van der Waals surface area (Å²) in [7, 11) is 0. The molecule has 0 fully saturated rings. The molecule has 2 unspecified atom stereocenters. The molecule has 5 nitrogen and oxygen atoms in total. The van der Waals surface area contributed by atoms with Crippen LogP contribution in [0.4, 0.5) is 0 Å². The standard InChI is InChI=1S/C7H16N2O3/c1-5(8)6(11)9-3-7(2,12)4-10/h5,10,12H,3-4,8H2,1-2H3,(H,9,11). The molecular formula is C7H16N2O3. The van der Waals surface area contributed by atoms with E-state index in [0.717, 1.165) is 0 Å². The van der Waals surface area contributed by atoms with Gasteiger partial charge < -0.3 is 21.3 Å². The predicted octanol–water partition coefficient (Wildman–Crippen LogP) is -1.81. The van der Waals surface area contributed by atoms with Crippen molar-refractivity contribution in [3.8, 4) is 0 Å². The van der Waals surface area contributed by atoms with Crippen LogP contribution in [-0.2, 0) is 4.79 Å². The highest BCUT2D eigenvalue weighted by Crippen LogP contribution is 1.98. The molecule has 0 aliphatic carbocycles. The van der Waals surface area contributed by atoms with E-state index in [-0.39, 0.29) is 12.5 Å². The summed E-state index contributed by atoms with van der Waals surface area (Å²) in [5, 5.41) is 20.3. The maximum atomic E-state index is 10.9. The molecule has 5 N–H and O–H groups in total. The van der Waals surface area contributed by atoms with Crippen molar-refractivity contribution in [1.29, 1.82) is 0 Å². The summed E-state index contributed by atoms with van der Waals surface area (Å²) in [4.78, 5) is 10.9. The highest BCUT2D eigenvalue weighted by Gasteiger charge is 2.20. The lowest BCUT2D eigenvalue weighted by Gasteiger charge is -2.21. The molecule has 0 radical (unpaired) electrons. The minimum absolute atomic E-state index is 0.00384. The van der Waals surface area contributed by atoms with Gasteiger partial charge in [0.15, 0.2) is 0 Å². The predicted molar refractivity (Wildman–Crippen MR) is 44.4 cm³/mol. The summed E-state index contributed by atoms with van der Waals surface area (Å²) in [6.45, 7) is 2.58. The fourth-order valence-corrected chi connectivity index (χ4v) is 0.494. The van der Waals surface area contributed by atoms with Gasteiger partial charge in [0.1, 0.15) is 5.60 Å². The van der Waals surface area contributed by atoms with Crippen molar-refractivity contribution >= 4 is 5.91 Å². The molecule has 1 amide bonds. The lowest BCUT2D eigenvalue weighted by molar-refractivity contribution is -0.123. The Balaban J connectivity index is 3.76. The van der Waals surface area contributed by atoms with Crippen LogP contribution in [0.15, 0.2) is 0 Å². The number of rotatable bonds is 4. The maximum absolute atomic E-state index is 10.9. The van der Waals surface area contributed by atoms with Gasteiger partial charge in [0.2, 0.25) is 5.91 Å². The molecule has 0 spiro atoms. The Hall–Kier alpha value is -0.650. The molecule has 0 aromatic rings. The third-order valence-electron chi connectivity index (χ3n) is 1.40. The highest BCUT2D eigenvalue weighted by atomic mass is 16.3. The molecule has 0 heterocycles. The monoisotopic (exact) mass is 176 g/mol. The first kappa shape index (κ1) is 11.4. The zero-order chi connectivity index (χ0) is 9.78. The smallest absolute Gasteiger partial charge is 0.236 e. The van der Waals surface area contributed by atoms with Crippen LogP contribution < -0.4 is 11.1 Å². The summed E-state index contributed by atoms with van der Waals surface area (Å²) in [5.74, 6) is -0.344. The summed E-state index contributed by atoms with van der Waals surface area (Å²) in [6.07, 6.45) is 0. The molecule has 0 aromatic heterocycles. The fraction of sp³-hybridized carbons (Fsp3) is 0.857. The van der Waals surface area contributed by atoms with Crippen molar-refractivity contribution in [2.75, 3.05) is 13.2 Å². The zero-order valence-corrected chi connectivity index (χ0v) is 7.37. The van der Waals surface area contributed by atoms with Crippen molar-refractivity contribution in [2.45, 2.75) is 25.5 Å². The number of aliphatic hydroxyl groups is 2. The number of nitrogens with two attached hydrogens (primary N) is 1. The van der Waals surface area contributed by atoms with Gasteiger partial charge in [-0.3, -0.25) is 4.79 Å². The van der Waals surface area contributed by atoms with E-state index in [9.17, 15) is 9.90 Å². The SMILES string of the molecule is CC(N)C(=O)NCC(C)(O)CO. The van der Waals surface area contributed by atoms with E-state index in [0.29, 0.717) is 0 Å². The first-order chi connectivity index (χ1) is 5.39. The number of nitrogens with one attached hydrogen (secondary N) is 1. The van der Waals surface area contributed by atoms with E-state index in [1.165, 1.54) is 6.92 Å². The quantitative estimate of drug-likeness (QED) is 0.406. The zero-order valence-electron chi connectivity index (χ0n) is 7.37. The van der Waals surface area contributed by atoms with Crippen molar-refractivity contribution in [2.24, 2.45) is 5.73 Å². The number of hydrogen-bond donors (Lipinski definition) is 4. The molecule has 72 valence electrons. The number of amides is 1. The summed E-state index contributed by atoms with van der Waals surface area (Å²) in [6, 6.07) is -0.598. The average molecular weight is 176 g/mol. The van der Waals surface area contributed by atoms with Crippen LogP contribution in [0, 0.1) is 0 Å². The van der Waals surface area contributed by atoms with Crippen molar-refractivity contribution in [1.82, 2.24) is 5.32 Å². The lowest BCUT2D eigenvalue weighted by Crippen LogP contribution is -2.47. The first-order valence-electron chi connectivity index (χ1n) is 3.75. The second kappa shape index (κ2) is 4.39. The second-order valence-electron chi connectivity index (χ2n) is 3.16. The average Bonchev–Trinajstić information content (AvgIpc) is 2.00. The maximum Gasteiger partial charge on any atom is 0.236 e. The van der Waals surface area contributed by atoms with Crippen molar-refractivity contribution < 1.29 is 15.0 Å². The van der Waals surface area contributed by atoms with E-state index >= 15 is 0 Å². The minimum Gasteiger partial charge on any atom is -0.393 e. The van der Waals surface area contributed by atoms with E-state index in [4.69, 9.17) is 10.8 Å². The molecule has 0 aliphatic heterocycles. The number of carbonyl (C=O) groups excluding carboxylic acids is 1. The molecule has 0 rings (SSSR count). The van der Waals surface area contributed by atoms with Gasteiger partial charge >= 0.3 is 0 Å². The topological polar surface area (TPSA) is 95.6 Å². The van der Waals surface area contributed by atoms with Crippen molar-refractivity contribution in [3.05, 3.63) is 0 Å². The highest BCUT2D eigenvalue weighted by molar-refractivity contribution is 5.80. The fourth-order valence-electron chi connectivity index (χ4n) is 0.494. The van der Waals surface area contributed by atoms with Gasteiger partial charge in [-0.15, -0.1) is 0 Å². The summed E-state index contributed by atoms with van der Waals surface area (Å²) in [5.41, 5.74) is 3.98. The summed E-state index contributed by atoms with van der Waals surface area (Å²) >= 11 is 0. The third-order valence-corrected chi connectivity index (χ3v) is 1.40. The van der Waals surface area contributed by atoms with E-state index < -0.39 is 18.2 Å². The molecule has 0 saturated carbocycles.